The van der Waals surface area contributed by atoms with Crippen LogP contribution in [-0.4, -0.2) is 40.0 Å². The van der Waals surface area contributed by atoms with Crippen molar-refractivity contribution in [1.82, 2.24) is 0 Å². The second-order valence-corrected chi connectivity index (χ2v) is 8.18. The molecule has 0 aromatic heterocycles. The number of amides is 1. The summed E-state index contributed by atoms with van der Waals surface area (Å²) in [6, 6.07) is 13.5. The lowest BCUT2D eigenvalue weighted by Gasteiger charge is -2.38. The Balaban J connectivity index is 1.82. The Morgan fingerprint density at radius 1 is 0.935 bits per heavy atom. The summed E-state index contributed by atoms with van der Waals surface area (Å²) in [5.41, 5.74) is 4.34. The van der Waals surface area contributed by atoms with Gasteiger partial charge in [0.2, 0.25) is 5.91 Å². The minimum Gasteiger partial charge on any atom is -0.497 e. The van der Waals surface area contributed by atoms with Gasteiger partial charge in [0.1, 0.15) is 11.5 Å². The van der Waals surface area contributed by atoms with Crippen LogP contribution in [0.5, 0.6) is 11.5 Å². The van der Waals surface area contributed by atoms with Gasteiger partial charge in [0.25, 0.3) is 0 Å². The molecule has 6 heteroatoms. The summed E-state index contributed by atoms with van der Waals surface area (Å²) in [6.07, 6.45) is 2.22. The van der Waals surface area contributed by atoms with Crippen LogP contribution in [0, 0.1) is 0 Å². The third-order valence-corrected chi connectivity index (χ3v) is 6.08. The van der Waals surface area contributed by atoms with E-state index in [0.717, 1.165) is 28.9 Å². The maximum Gasteiger partial charge on any atom is 0.232 e. The summed E-state index contributed by atoms with van der Waals surface area (Å²) in [4.78, 5) is 30.2. The average Bonchev–Trinajstić information content (AvgIpc) is 2.78. The van der Waals surface area contributed by atoms with Crippen molar-refractivity contribution in [2.75, 3.05) is 38.1 Å². The summed E-state index contributed by atoms with van der Waals surface area (Å²) in [6.45, 7) is 0. The predicted molar refractivity (Wildman–Crippen MR) is 121 cm³/mol. The number of rotatable bonds is 5. The predicted octanol–water partition coefficient (Wildman–Crippen LogP) is 4.30. The zero-order valence-electron chi connectivity index (χ0n) is 18.5. The third kappa shape index (κ3) is 3.90. The van der Waals surface area contributed by atoms with Crippen LogP contribution in [0.4, 0.5) is 11.4 Å². The van der Waals surface area contributed by atoms with Crippen LogP contribution in [0.2, 0.25) is 0 Å². The molecule has 2 aromatic rings. The van der Waals surface area contributed by atoms with E-state index in [1.54, 1.807) is 25.2 Å². The number of nitrogens with zero attached hydrogens (tertiary/aromatic N) is 2. The van der Waals surface area contributed by atoms with E-state index in [9.17, 15) is 9.59 Å². The summed E-state index contributed by atoms with van der Waals surface area (Å²) in [5.74, 6) is 1.11. The van der Waals surface area contributed by atoms with Crippen molar-refractivity contribution in [3.05, 3.63) is 59.3 Å². The van der Waals surface area contributed by atoms with Gasteiger partial charge >= 0.3 is 0 Å². The monoisotopic (exact) mass is 420 g/mol. The second kappa shape index (κ2) is 8.46. The van der Waals surface area contributed by atoms with Gasteiger partial charge in [-0.3, -0.25) is 14.5 Å². The van der Waals surface area contributed by atoms with Gasteiger partial charge in [0, 0.05) is 68.0 Å². The molecule has 0 radical (unpaired) electrons. The molecule has 1 aliphatic heterocycles. The van der Waals surface area contributed by atoms with Crippen molar-refractivity contribution < 1.29 is 19.1 Å². The fraction of sp³-hybridized carbons (Fsp3) is 0.360. The highest BCUT2D eigenvalue weighted by molar-refractivity contribution is 6.07. The quantitative estimate of drug-likeness (QED) is 0.722. The summed E-state index contributed by atoms with van der Waals surface area (Å²) in [7, 11) is 7.15. The van der Waals surface area contributed by atoms with Crippen molar-refractivity contribution in [1.29, 1.82) is 0 Å². The third-order valence-electron chi connectivity index (χ3n) is 6.08. The maximum atomic E-state index is 13.4. The van der Waals surface area contributed by atoms with Gasteiger partial charge in [-0.25, -0.2) is 0 Å². The number of hydrogen-bond acceptors (Lipinski definition) is 5. The van der Waals surface area contributed by atoms with Crippen LogP contribution in [0.15, 0.2) is 53.7 Å². The molecule has 31 heavy (non-hydrogen) atoms. The zero-order chi connectivity index (χ0) is 22.1. The van der Waals surface area contributed by atoms with Crippen molar-refractivity contribution in [3.63, 3.8) is 0 Å². The largest absolute Gasteiger partial charge is 0.497 e. The fourth-order valence-corrected chi connectivity index (χ4v) is 4.50. The molecule has 1 heterocycles. The molecular formula is C25H28N2O4. The number of anilines is 2. The number of carbonyl (C=O) groups excluding carboxylic acids is 2. The van der Waals surface area contributed by atoms with Gasteiger partial charge < -0.3 is 14.4 Å². The Labute approximate surface area is 183 Å². The normalized spacial score (nSPS) is 18.7. The number of benzene rings is 2. The van der Waals surface area contributed by atoms with Gasteiger partial charge in [-0.15, -0.1) is 0 Å². The molecule has 0 bridgehead atoms. The molecule has 0 fully saturated rings. The van der Waals surface area contributed by atoms with Crippen molar-refractivity contribution >= 4 is 23.1 Å². The molecule has 1 unspecified atom stereocenters. The number of methoxy groups -OCH3 is 2. The van der Waals surface area contributed by atoms with Crippen LogP contribution in [-0.2, 0) is 9.59 Å². The molecule has 0 saturated heterocycles. The SMILES string of the molecule is COc1cc(OC)cc(N2C(=O)CC(c3ccc(N(C)C)cc3)C3=C2CCCC3=O)c1. The smallest absolute Gasteiger partial charge is 0.232 e. The van der Waals surface area contributed by atoms with Gasteiger partial charge in [0.15, 0.2) is 5.78 Å². The van der Waals surface area contributed by atoms with Crippen LogP contribution >= 0.6 is 0 Å². The molecular weight excluding hydrogens is 392 g/mol. The Morgan fingerprint density at radius 3 is 2.16 bits per heavy atom. The number of Topliss-reactive ketones (excluding diaryl/α,β-unsaturated/α-hetero) is 1. The molecule has 162 valence electrons. The van der Waals surface area contributed by atoms with E-state index in [0.29, 0.717) is 30.0 Å². The van der Waals surface area contributed by atoms with Crippen molar-refractivity contribution in [2.45, 2.75) is 31.6 Å². The lowest BCUT2D eigenvalue weighted by atomic mass is 9.77. The van der Waals surface area contributed by atoms with Gasteiger partial charge in [-0.2, -0.15) is 0 Å². The van der Waals surface area contributed by atoms with E-state index in [2.05, 4.69) is 0 Å². The number of ketones is 1. The van der Waals surface area contributed by atoms with E-state index >= 15 is 0 Å². The van der Waals surface area contributed by atoms with Crippen LogP contribution < -0.4 is 19.3 Å². The molecule has 1 atom stereocenters. The number of ether oxygens (including phenoxy) is 2. The first-order chi connectivity index (χ1) is 14.9. The molecule has 1 aliphatic carbocycles. The van der Waals surface area contributed by atoms with E-state index in [1.807, 2.05) is 55.4 Å². The van der Waals surface area contributed by atoms with E-state index in [1.165, 1.54) is 0 Å². The first-order valence-corrected chi connectivity index (χ1v) is 10.5. The highest BCUT2D eigenvalue weighted by Crippen LogP contribution is 2.44. The highest BCUT2D eigenvalue weighted by atomic mass is 16.5. The van der Waals surface area contributed by atoms with Gasteiger partial charge in [-0.1, -0.05) is 12.1 Å². The Bertz CT molecular complexity index is 1020. The van der Waals surface area contributed by atoms with Gasteiger partial charge in [0.05, 0.1) is 19.9 Å². The summed E-state index contributed by atoms with van der Waals surface area (Å²) < 4.78 is 10.8. The minimum absolute atomic E-state index is 0.0227. The standard InChI is InChI=1S/C25H28N2O4/c1-26(2)17-10-8-16(9-11-17)21-15-24(29)27(22-6-5-7-23(28)25(21)22)18-12-19(30-3)14-20(13-18)31-4/h8-14,21H,5-7,15H2,1-4H3. The Hall–Kier alpha value is -3.28. The summed E-state index contributed by atoms with van der Waals surface area (Å²) >= 11 is 0. The Kier molecular flexibility index (Phi) is 5.72. The molecule has 4 rings (SSSR count). The first kappa shape index (κ1) is 21.0. The number of hydrogen-bond donors (Lipinski definition) is 0. The minimum atomic E-state index is -0.213. The van der Waals surface area contributed by atoms with E-state index in [4.69, 9.17) is 9.47 Å². The zero-order valence-corrected chi connectivity index (χ0v) is 18.5. The average molecular weight is 421 g/mol. The number of allylic oxidation sites excluding steroid dienone is 2. The summed E-state index contributed by atoms with van der Waals surface area (Å²) in [5, 5.41) is 0. The second-order valence-electron chi connectivity index (χ2n) is 8.18. The Morgan fingerprint density at radius 2 is 1.58 bits per heavy atom. The maximum absolute atomic E-state index is 13.4. The molecule has 0 spiro atoms. The van der Waals surface area contributed by atoms with Crippen molar-refractivity contribution in [2.24, 2.45) is 0 Å². The molecule has 2 aliphatic rings. The lowest BCUT2D eigenvalue weighted by molar-refractivity contribution is -0.119. The number of carbonyl (C=O) groups is 2. The van der Waals surface area contributed by atoms with Crippen LogP contribution in [0.3, 0.4) is 0 Å². The van der Waals surface area contributed by atoms with Crippen LogP contribution in [0.1, 0.15) is 37.2 Å². The van der Waals surface area contributed by atoms with Gasteiger partial charge in [-0.05, 0) is 30.5 Å². The molecule has 6 nitrogen and oxygen atoms in total. The molecule has 2 aromatic carbocycles. The fourth-order valence-electron chi connectivity index (χ4n) is 4.50. The van der Waals surface area contributed by atoms with Crippen LogP contribution in [0.25, 0.3) is 0 Å². The lowest BCUT2D eigenvalue weighted by Crippen LogP contribution is -2.40. The van der Waals surface area contributed by atoms with E-state index in [-0.39, 0.29) is 24.0 Å². The molecule has 0 saturated carbocycles. The highest BCUT2D eigenvalue weighted by Gasteiger charge is 2.39. The van der Waals surface area contributed by atoms with E-state index < -0.39 is 0 Å². The molecule has 0 N–H and O–H groups in total. The van der Waals surface area contributed by atoms with Crippen molar-refractivity contribution in [3.8, 4) is 11.5 Å². The topological polar surface area (TPSA) is 59.1 Å². The molecule has 1 amide bonds. The first-order valence-electron chi connectivity index (χ1n) is 10.5.